The molecule has 0 unspecified atom stereocenters. The van der Waals surface area contributed by atoms with Crippen LogP contribution >= 0.6 is 0 Å². The van der Waals surface area contributed by atoms with Gasteiger partial charge in [0.1, 0.15) is 24.2 Å². The Labute approximate surface area is 170 Å². The Bertz CT molecular complexity index is 944. The third-order valence-corrected chi connectivity index (χ3v) is 5.21. The molecule has 0 radical (unpaired) electrons. The summed E-state index contributed by atoms with van der Waals surface area (Å²) in [4.78, 5) is 14.7. The Morgan fingerprint density at radius 1 is 0.897 bits per heavy atom. The van der Waals surface area contributed by atoms with E-state index in [1.54, 1.807) is 12.0 Å². The number of para-hydroxylation sites is 2. The first-order chi connectivity index (χ1) is 14.2. The highest BCUT2D eigenvalue weighted by Crippen LogP contribution is 2.41. The van der Waals surface area contributed by atoms with Crippen molar-refractivity contribution in [2.45, 2.75) is 18.1 Å². The van der Waals surface area contributed by atoms with E-state index in [2.05, 4.69) is 0 Å². The summed E-state index contributed by atoms with van der Waals surface area (Å²) < 4.78 is 11.0. The number of benzene rings is 3. The minimum absolute atomic E-state index is 0.0369. The monoisotopic (exact) mass is 389 g/mol. The van der Waals surface area contributed by atoms with Crippen molar-refractivity contribution in [2.24, 2.45) is 0 Å². The van der Waals surface area contributed by atoms with E-state index in [1.165, 1.54) is 0 Å². The van der Waals surface area contributed by atoms with E-state index in [9.17, 15) is 9.90 Å². The number of methoxy groups -OCH3 is 1. The number of rotatable bonds is 7. The van der Waals surface area contributed by atoms with Gasteiger partial charge in [-0.15, -0.1) is 0 Å². The number of hydrogen-bond donors (Lipinski definition) is 1. The number of amides is 1. The molecule has 1 saturated heterocycles. The highest BCUT2D eigenvalue weighted by Gasteiger charge is 2.52. The zero-order chi connectivity index (χ0) is 20.2. The maximum atomic E-state index is 13.0. The van der Waals surface area contributed by atoms with Crippen molar-refractivity contribution < 1.29 is 19.4 Å². The molecule has 148 valence electrons. The first-order valence-electron chi connectivity index (χ1n) is 9.57. The topological polar surface area (TPSA) is 59.0 Å². The van der Waals surface area contributed by atoms with Crippen LogP contribution in [-0.2, 0) is 4.79 Å². The Hall–Kier alpha value is -3.31. The molecule has 1 aliphatic rings. The Morgan fingerprint density at radius 2 is 1.52 bits per heavy atom. The van der Waals surface area contributed by atoms with Crippen LogP contribution in [0.3, 0.4) is 0 Å². The van der Waals surface area contributed by atoms with E-state index in [1.807, 2.05) is 84.9 Å². The van der Waals surface area contributed by atoms with Crippen LogP contribution in [0.1, 0.15) is 11.5 Å². The first-order valence-corrected chi connectivity index (χ1v) is 9.57. The molecule has 1 amide bonds. The fourth-order valence-corrected chi connectivity index (χ4v) is 3.74. The molecule has 0 spiro atoms. The number of β-lactam (4-membered cyclic amide) rings is 1. The van der Waals surface area contributed by atoms with Crippen molar-refractivity contribution in [3.8, 4) is 11.5 Å². The Balaban J connectivity index is 1.58. The molecule has 3 atom stereocenters. The SMILES string of the molecule is COc1ccc([C@@H]2C(=O)N(c3ccccc3)[C@@H]2[C@H](O)COc2ccccc2)cc1. The van der Waals surface area contributed by atoms with Gasteiger partial charge in [-0.3, -0.25) is 4.79 Å². The van der Waals surface area contributed by atoms with Gasteiger partial charge in [-0.05, 0) is 42.0 Å². The second-order valence-corrected chi connectivity index (χ2v) is 6.98. The number of carbonyl (C=O) groups excluding carboxylic acids is 1. The highest BCUT2D eigenvalue weighted by molar-refractivity contribution is 6.06. The molecule has 1 heterocycles. The van der Waals surface area contributed by atoms with Crippen molar-refractivity contribution in [2.75, 3.05) is 18.6 Å². The molecule has 0 bridgehead atoms. The molecule has 5 heteroatoms. The van der Waals surface area contributed by atoms with Crippen molar-refractivity contribution in [1.82, 2.24) is 0 Å². The second kappa shape index (κ2) is 8.37. The average molecular weight is 389 g/mol. The quantitative estimate of drug-likeness (QED) is 0.627. The minimum Gasteiger partial charge on any atom is -0.497 e. The lowest BCUT2D eigenvalue weighted by Crippen LogP contribution is -2.65. The molecule has 0 saturated carbocycles. The van der Waals surface area contributed by atoms with Crippen LogP contribution < -0.4 is 14.4 Å². The molecule has 3 aromatic carbocycles. The number of hydrogen-bond acceptors (Lipinski definition) is 4. The van der Waals surface area contributed by atoms with Crippen LogP contribution in [0.4, 0.5) is 5.69 Å². The third kappa shape index (κ3) is 3.82. The van der Waals surface area contributed by atoms with Gasteiger partial charge in [0.2, 0.25) is 5.91 Å². The van der Waals surface area contributed by atoms with Crippen molar-refractivity contribution in [3.63, 3.8) is 0 Å². The van der Waals surface area contributed by atoms with E-state index in [-0.39, 0.29) is 12.5 Å². The molecule has 5 nitrogen and oxygen atoms in total. The summed E-state index contributed by atoms with van der Waals surface area (Å²) in [5.41, 5.74) is 1.62. The predicted octanol–water partition coefficient (Wildman–Crippen LogP) is 3.63. The maximum Gasteiger partial charge on any atom is 0.237 e. The van der Waals surface area contributed by atoms with Gasteiger partial charge in [0, 0.05) is 5.69 Å². The van der Waals surface area contributed by atoms with Gasteiger partial charge in [0.05, 0.1) is 19.1 Å². The van der Waals surface area contributed by atoms with Crippen molar-refractivity contribution in [1.29, 1.82) is 0 Å². The molecular formula is C24H23NO4. The van der Waals surface area contributed by atoms with E-state index in [0.717, 1.165) is 17.0 Å². The number of ether oxygens (including phenoxy) is 2. The van der Waals surface area contributed by atoms with Crippen LogP contribution in [0, 0.1) is 0 Å². The first kappa shape index (κ1) is 19.0. The molecule has 1 N–H and O–H groups in total. The number of carbonyl (C=O) groups is 1. The van der Waals surface area contributed by atoms with Crippen LogP contribution in [0.15, 0.2) is 84.9 Å². The molecule has 29 heavy (non-hydrogen) atoms. The molecule has 1 aliphatic heterocycles. The largest absolute Gasteiger partial charge is 0.497 e. The Morgan fingerprint density at radius 3 is 2.14 bits per heavy atom. The number of aliphatic hydroxyl groups is 1. The average Bonchev–Trinajstić information content (AvgIpc) is 2.77. The van der Waals surface area contributed by atoms with Gasteiger partial charge in [-0.1, -0.05) is 48.5 Å². The summed E-state index contributed by atoms with van der Waals surface area (Å²) in [6, 6.07) is 25.8. The van der Waals surface area contributed by atoms with Crippen LogP contribution in [0.25, 0.3) is 0 Å². The van der Waals surface area contributed by atoms with Gasteiger partial charge in [0.15, 0.2) is 0 Å². The van der Waals surface area contributed by atoms with Crippen LogP contribution in [-0.4, -0.2) is 36.9 Å². The third-order valence-electron chi connectivity index (χ3n) is 5.21. The van der Waals surface area contributed by atoms with E-state index >= 15 is 0 Å². The van der Waals surface area contributed by atoms with Gasteiger partial charge in [-0.2, -0.15) is 0 Å². The smallest absolute Gasteiger partial charge is 0.237 e. The summed E-state index contributed by atoms with van der Waals surface area (Å²) in [5, 5.41) is 11.0. The minimum atomic E-state index is -0.847. The van der Waals surface area contributed by atoms with Crippen LogP contribution in [0.5, 0.6) is 11.5 Å². The van der Waals surface area contributed by atoms with Crippen molar-refractivity contribution >= 4 is 11.6 Å². The molecule has 3 aromatic rings. The predicted molar refractivity (Wildman–Crippen MR) is 111 cm³/mol. The fourth-order valence-electron chi connectivity index (χ4n) is 3.74. The summed E-state index contributed by atoms with van der Waals surface area (Å²) in [7, 11) is 1.61. The molecule has 0 aromatic heterocycles. The summed E-state index contributed by atoms with van der Waals surface area (Å²) in [6.07, 6.45) is -0.847. The molecule has 4 rings (SSSR count). The lowest BCUT2D eigenvalue weighted by molar-refractivity contribution is -0.129. The maximum absolute atomic E-state index is 13.0. The number of anilines is 1. The summed E-state index contributed by atoms with van der Waals surface area (Å²) in [6.45, 7) is 0.0952. The fraction of sp³-hybridized carbons (Fsp3) is 0.208. The van der Waals surface area contributed by atoms with Gasteiger partial charge in [-0.25, -0.2) is 0 Å². The van der Waals surface area contributed by atoms with Gasteiger partial charge >= 0.3 is 0 Å². The van der Waals surface area contributed by atoms with E-state index in [0.29, 0.717) is 5.75 Å². The summed E-state index contributed by atoms with van der Waals surface area (Å²) in [5.74, 6) is 0.940. The normalized spacial score (nSPS) is 19.4. The van der Waals surface area contributed by atoms with Crippen molar-refractivity contribution in [3.05, 3.63) is 90.5 Å². The molecule has 1 fully saturated rings. The molecular weight excluding hydrogens is 366 g/mol. The zero-order valence-corrected chi connectivity index (χ0v) is 16.1. The van der Waals surface area contributed by atoms with Gasteiger partial charge in [0.25, 0.3) is 0 Å². The lowest BCUT2D eigenvalue weighted by Gasteiger charge is -2.49. The molecule has 0 aliphatic carbocycles. The standard InChI is InChI=1S/C24H23NO4/c1-28-19-14-12-17(13-15-19)22-23(21(26)16-29-20-10-6-3-7-11-20)25(24(22)27)18-8-4-2-5-9-18/h2-15,21-23,26H,16H2,1H3/t21-,22+,23-/m1/s1. The highest BCUT2D eigenvalue weighted by atomic mass is 16.5. The van der Waals surface area contributed by atoms with Gasteiger partial charge < -0.3 is 19.5 Å². The zero-order valence-electron chi connectivity index (χ0n) is 16.1. The Kier molecular flexibility index (Phi) is 5.49. The van der Waals surface area contributed by atoms with E-state index in [4.69, 9.17) is 9.47 Å². The number of aliphatic hydroxyl groups excluding tert-OH is 1. The number of nitrogens with zero attached hydrogens (tertiary/aromatic N) is 1. The second-order valence-electron chi connectivity index (χ2n) is 6.98. The lowest BCUT2D eigenvalue weighted by atomic mass is 9.78. The summed E-state index contributed by atoms with van der Waals surface area (Å²) >= 11 is 0. The van der Waals surface area contributed by atoms with E-state index < -0.39 is 18.1 Å². The van der Waals surface area contributed by atoms with Crippen LogP contribution in [0.2, 0.25) is 0 Å².